The van der Waals surface area contributed by atoms with Gasteiger partial charge in [0.15, 0.2) is 12.2 Å². The summed E-state index contributed by atoms with van der Waals surface area (Å²) in [6.45, 7) is 0. The Morgan fingerprint density at radius 1 is 1.35 bits per heavy atom. The van der Waals surface area contributed by atoms with Gasteiger partial charge in [-0.3, -0.25) is 0 Å². The molecule has 0 aliphatic carbocycles. The number of methoxy groups -OCH3 is 1. The van der Waals surface area contributed by atoms with Crippen molar-refractivity contribution in [2.45, 2.75) is 0 Å². The van der Waals surface area contributed by atoms with E-state index >= 15 is 0 Å². The van der Waals surface area contributed by atoms with Gasteiger partial charge in [0.2, 0.25) is 0 Å². The van der Waals surface area contributed by atoms with E-state index in [4.69, 9.17) is 44.8 Å². The van der Waals surface area contributed by atoms with E-state index in [0.717, 1.165) is 0 Å². The summed E-state index contributed by atoms with van der Waals surface area (Å²) in [4.78, 5) is 4.02. The number of aliphatic imine (C=N–C) groups is 1. The number of ether oxygens (including phenoxy) is 1. The van der Waals surface area contributed by atoms with Gasteiger partial charge in [0, 0.05) is 0 Å². The molecular weight excluding hydrogens is 323 g/mol. The highest BCUT2D eigenvalue weighted by Crippen LogP contribution is 2.36. The molecule has 2 rings (SSSR count). The number of nitriles is 1. The third-order valence-corrected chi connectivity index (χ3v) is 3.67. The van der Waals surface area contributed by atoms with E-state index in [-0.39, 0.29) is 21.4 Å². The van der Waals surface area contributed by atoms with Crippen LogP contribution in [0.4, 0.5) is 5.82 Å². The first-order valence-electron chi connectivity index (χ1n) is 5.27. The Bertz CT molecular complexity index is 718. The Morgan fingerprint density at radius 3 is 2.75 bits per heavy atom. The van der Waals surface area contributed by atoms with Crippen LogP contribution in [-0.2, 0) is 4.74 Å². The van der Waals surface area contributed by atoms with Gasteiger partial charge in [0.05, 0.1) is 34.1 Å². The Hall–Kier alpha value is -1.74. The molecule has 1 aromatic heterocycles. The smallest absolute Gasteiger partial charge is 0.176 e. The van der Waals surface area contributed by atoms with Crippen LogP contribution >= 0.6 is 34.8 Å². The fourth-order valence-corrected chi connectivity index (χ4v) is 2.11. The van der Waals surface area contributed by atoms with Crippen molar-refractivity contribution in [2.24, 2.45) is 4.99 Å². The van der Waals surface area contributed by atoms with Gasteiger partial charge in [0.1, 0.15) is 11.6 Å². The molecule has 0 unspecified atom stereocenters. The molecule has 0 atom stereocenters. The Morgan fingerprint density at radius 2 is 2.10 bits per heavy atom. The largest absolute Gasteiger partial charge is 0.486 e. The minimum atomic E-state index is 0.210. The van der Waals surface area contributed by atoms with E-state index in [1.807, 2.05) is 6.07 Å². The number of benzene rings is 1. The van der Waals surface area contributed by atoms with E-state index in [1.54, 1.807) is 12.1 Å². The molecule has 0 spiro atoms. The van der Waals surface area contributed by atoms with Gasteiger partial charge in [-0.05, 0) is 12.1 Å². The molecule has 102 valence electrons. The lowest BCUT2D eigenvalue weighted by molar-refractivity contribution is 0.423. The number of nitrogens with zero attached hydrogens (tertiary/aromatic N) is 4. The highest BCUT2D eigenvalue weighted by atomic mass is 35.5. The number of rotatable bonds is 3. The molecular formula is C12H7Cl3N4O. The first-order valence-corrected chi connectivity index (χ1v) is 6.40. The van der Waals surface area contributed by atoms with Crippen molar-refractivity contribution >= 4 is 47.0 Å². The molecule has 0 amide bonds. The van der Waals surface area contributed by atoms with Crippen LogP contribution in [0, 0.1) is 11.3 Å². The highest BCUT2D eigenvalue weighted by Gasteiger charge is 2.16. The molecule has 20 heavy (non-hydrogen) atoms. The maximum absolute atomic E-state index is 9.05. The molecule has 0 saturated heterocycles. The van der Waals surface area contributed by atoms with Crippen molar-refractivity contribution in [2.75, 3.05) is 7.11 Å². The lowest BCUT2D eigenvalue weighted by Crippen LogP contribution is -1.98. The van der Waals surface area contributed by atoms with Crippen molar-refractivity contribution in [1.82, 2.24) is 9.78 Å². The standard InChI is InChI=1S/C12H7Cl3N4O/c1-20-6-17-12-7(4-16)5-18-19(12)9-3-2-8(13)10(14)11(9)15/h2-3,5-6H,1H3/b17-6+. The molecule has 0 aliphatic rings. The van der Waals surface area contributed by atoms with Crippen LogP contribution < -0.4 is 0 Å². The second-order valence-electron chi connectivity index (χ2n) is 3.57. The molecule has 1 heterocycles. The van der Waals surface area contributed by atoms with Gasteiger partial charge in [-0.1, -0.05) is 34.8 Å². The highest BCUT2D eigenvalue weighted by molar-refractivity contribution is 6.48. The summed E-state index contributed by atoms with van der Waals surface area (Å²) in [5, 5.41) is 13.9. The number of hydrogen-bond donors (Lipinski definition) is 0. The van der Waals surface area contributed by atoms with Crippen LogP contribution in [0.2, 0.25) is 15.1 Å². The van der Waals surface area contributed by atoms with E-state index in [0.29, 0.717) is 10.7 Å². The maximum atomic E-state index is 9.05. The third kappa shape index (κ3) is 2.59. The zero-order chi connectivity index (χ0) is 14.7. The second kappa shape index (κ2) is 6.14. The van der Waals surface area contributed by atoms with Crippen LogP contribution in [0.3, 0.4) is 0 Å². The quantitative estimate of drug-likeness (QED) is 0.485. The normalized spacial score (nSPS) is 10.8. The van der Waals surface area contributed by atoms with Crippen molar-refractivity contribution in [3.05, 3.63) is 39.0 Å². The van der Waals surface area contributed by atoms with Gasteiger partial charge in [0.25, 0.3) is 0 Å². The summed E-state index contributed by atoms with van der Waals surface area (Å²) in [6, 6.07) is 5.21. The van der Waals surface area contributed by atoms with E-state index in [1.165, 1.54) is 24.4 Å². The van der Waals surface area contributed by atoms with Gasteiger partial charge < -0.3 is 4.74 Å². The average molecular weight is 330 g/mol. The minimum Gasteiger partial charge on any atom is -0.486 e. The van der Waals surface area contributed by atoms with Crippen molar-refractivity contribution in [1.29, 1.82) is 5.26 Å². The molecule has 0 fully saturated rings. The van der Waals surface area contributed by atoms with Crippen LogP contribution in [0.25, 0.3) is 5.69 Å². The predicted octanol–water partition coefficient (Wildman–Crippen LogP) is 4.01. The van der Waals surface area contributed by atoms with Crippen LogP contribution in [0.5, 0.6) is 0 Å². The van der Waals surface area contributed by atoms with Gasteiger partial charge in [-0.25, -0.2) is 4.68 Å². The summed E-state index contributed by atoms with van der Waals surface area (Å²) in [7, 11) is 1.45. The fraction of sp³-hybridized carbons (Fsp3) is 0.0833. The topological polar surface area (TPSA) is 63.2 Å². The second-order valence-corrected chi connectivity index (χ2v) is 4.73. The zero-order valence-corrected chi connectivity index (χ0v) is 12.4. The Balaban J connectivity index is 2.65. The first-order chi connectivity index (χ1) is 9.60. The van der Waals surface area contributed by atoms with E-state index < -0.39 is 0 Å². The van der Waals surface area contributed by atoms with Gasteiger partial charge in [-0.2, -0.15) is 15.4 Å². The van der Waals surface area contributed by atoms with Crippen molar-refractivity contribution in [3.63, 3.8) is 0 Å². The number of hydrogen-bond acceptors (Lipinski definition) is 4. The third-order valence-electron chi connectivity index (χ3n) is 2.39. The van der Waals surface area contributed by atoms with Crippen LogP contribution in [0.1, 0.15) is 5.56 Å². The Kier molecular flexibility index (Phi) is 4.50. The van der Waals surface area contributed by atoms with E-state index in [9.17, 15) is 0 Å². The lowest BCUT2D eigenvalue weighted by atomic mass is 10.3. The molecule has 5 nitrogen and oxygen atoms in total. The number of halogens is 3. The summed E-state index contributed by atoms with van der Waals surface area (Å²) in [5.41, 5.74) is 0.742. The van der Waals surface area contributed by atoms with Crippen molar-refractivity contribution < 1.29 is 4.74 Å². The van der Waals surface area contributed by atoms with Gasteiger partial charge >= 0.3 is 0 Å². The molecule has 0 saturated carbocycles. The molecule has 8 heteroatoms. The molecule has 0 radical (unpaired) electrons. The lowest BCUT2D eigenvalue weighted by Gasteiger charge is -2.08. The SMILES string of the molecule is CO/C=N/c1c(C#N)cnn1-c1ccc(Cl)c(Cl)c1Cl. The molecule has 0 N–H and O–H groups in total. The number of aromatic nitrogens is 2. The summed E-state index contributed by atoms with van der Waals surface area (Å²) >= 11 is 18.0. The van der Waals surface area contributed by atoms with E-state index in [2.05, 4.69) is 10.1 Å². The van der Waals surface area contributed by atoms with Crippen LogP contribution in [-0.4, -0.2) is 23.3 Å². The summed E-state index contributed by atoms with van der Waals surface area (Å²) in [5.74, 6) is 0.287. The molecule has 0 aliphatic heterocycles. The average Bonchev–Trinajstić information content (AvgIpc) is 2.85. The summed E-state index contributed by atoms with van der Waals surface area (Å²) in [6.07, 6.45) is 2.57. The maximum Gasteiger partial charge on any atom is 0.176 e. The summed E-state index contributed by atoms with van der Waals surface area (Å²) < 4.78 is 6.14. The van der Waals surface area contributed by atoms with Gasteiger partial charge in [-0.15, -0.1) is 0 Å². The Labute approximate surface area is 130 Å². The fourth-order valence-electron chi connectivity index (χ4n) is 1.50. The predicted molar refractivity (Wildman–Crippen MR) is 78.5 cm³/mol. The minimum absolute atomic E-state index is 0.210. The molecule has 1 aromatic carbocycles. The monoisotopic (exact) mass is 328 g/mol. The van der Waals surface area contributed by atoms with Crippen LogP contribution in [0.15, 0.2) is 23.3 Å². The zero-order valence-electron chi connectivity index (χ0n) is 10.1. The van der Waals surface area contributed by atoms with Crippen molar-refractivity contribution in [3.8, 4) is 11.8 Å². The first kappa shape index (κ1) is 14.7. The molecule has 0 bridgehead atoms. The molecule has 2 aromatic rings.